The van der Waals surface area contributed by atoms with E-state index in [-0.39, 0.29) is 10.8 Å². The van der Waals surface area contributed by atoms with Crippen molar-refractivity contribution in [1.29, 1.82) is 0 Å². The molecule has 0 saturated heterocycles. The lowest BCUT2D eigenvalue weighted by Gasteiger charge is -2.26. The quantitative estimate of drug-likeness (QED) is 0.160. The minimum Gasteiger partial charge on any atom is -0.436 e. The number of pyridine rings is 1. The molecule has 5 heteroatoms. The van der Waals surface area contributed by atoms with Crippen LogP contribution >= 0.6 is 0 Å². The number of para-hydroxylation sites is 2. The number of hydrogen-bond acceptors (Lipinski definition) is 4. The van der Waals surface area contributed by atoms with E-state index in [1.54, 1.807) is 0 Å². The van der Waals surface area contributed by atoms with E-state index in [1.807, 2.05) is 24.4 Å². The van der Waals surface area contributed by atoms with Crippen LogP contribution in [0.2, 0.25) is 0 Å². The SMILES string of the molecule is CC(C)(C)c1ccc2c(c1)c1ccc(C(C)(C)C)cc1n2-c1ccc(-c2ccc(N(c3ccccc3)c3ccccc3)cc2-c2nc3c(cc(-c4ccccn4)c4ccccc43)o2)cc1. The van der Waals surface area contributed by atoms with E-state index < -0.39 is 0 Å². The lowest BCUT2D eigenvalue weighted by Crippen LogP contribution is -2.10. The van der Waals surface area contributed by atoms with Crippen molar-refractivity contribution in [3.8, 4) is 39.5 Å². The van der Waals surface area contributed by atoms with Gasteiger partial charge in [-0.2, -0.15) is 0 Å². The molecule has 65 heavy (non-hydrogen) atoms. The average molecular weight is 843 g/mol. The molecule has 316 valence electrons. The Bertz CT molecular complexity index is 3500. The molecule has 0 aliphatic carbocycles. The van der Waals surface area contributed by atoms with Gasteiger partial charge in [0.05, 0.1) is 16.7 Å². The maximum atomic E-state index is 6.92. The zero-order valence-corrected chi connectivity index (χ0v) is 37.7. The molecule has 11 rings (SSSR count). The average Bonchev–Trinajstić information content (AvgIpc) is 3.91. The van der Waals surface area contributed by atoms with E-state index in [2.05, 4.69) is 221 Å². The van der Waals surface area contributed by atoms with Crippen LogP contribution in [0, 0.1) is 0 Å². The normalized spacial score (nSPS) is 12.2. The third-order valence-corrected chi connectivity index (χ3v) is 12.8. The zero-order valence-electron chi connectivity index (χ0n) is 37.7. The summed E-state index contributed by atoms with van der Waals surface area (Å²) in [6, 6.07) is 67.2. The predicted octanol–water partition coefficient (Wildman–Crippen LogP) is 16.5. The Labute approximate surface area is 380 Å². The van der Waals surface area contributed by atoms with E-state index in [9.17, 15) is 0 Å². The van der Waals surface area contributed by atoms with Gasteiger partial charge < -0.3 is 13.9 Å². The molecule has 3 heterocycles. The monoisotopic (exact) mass is 842 g/mol. The number of aromatic nitrogens is 3. The molecule has 0 aliphatic rings. The Hall–Kier alpha value is -7.76. The first-order chi connectivity index (χ1) is 31.5. The van der Waals surface area contributed by atoms with Crippen LogP contribution < -0.4 is 4.90 Å². The summed E-state index contributed by atoms with van der Waals surface area (Å²) in [5, 5.41) is 4.63. The fourth-order valence-corrected chi connectivity index (χ4v) is 9.33. The molecule has 0 aliphatic heterocycles. The van der Waals surface area contributed by atoms with Gasteiger partial charge in [-0.25, -0.2) is 4.98 Å². The van der Waals surface area contributed by atoms with Crippen molar-refractivity contribution >= 4 is 60.7 Å². The van der Waals surface area contributed by atoms with Gasteiger partial charge in [-0.15, -0.1) is 0 Å². The second kappa shape index (κ2) is 15.5. The maximum Gasteiger partial charge on any atom is 0.228 e. The fraction of sp³-hybridized carbons (Fsp3) is 0.133. The summed E-state index contributed by atoms with van der Waals surface area (Å²) in [5.41, 5.74) is 15.7. The van der Waals surface area contributed by atoms with E-state index >= 15 is 0 Å². The first-order valence-electron chi connectivity index (χ1n) is 22.5. The molecule has 0 N–H and O–H groups in total. The highest BCUT2D eigenvalue weighted by Gasteiger charge is 2.24. The molecule has 0 amide bonds. The Morgan fingerprint density at radius 3 is 1.78 bits per heavy atom. The minimum absolute atomic E-state index is 0.00600. The summed E-state index contributed by atoms with van der Waals surface area (Å²) in [6.45, 7) is 13.7. The summed E-state index contributed by atoms with van der Waals surface area (Å²) < 4.78 is 9.36. The Morgan fingerprint density at radius 2 is 1.11 bits per heavy atom. The van der Waals surface area contributed by atoms with Crippen LogP contribution in [-0.2, 0) is 10.8 Å². The van der Waals surface area contributed by atoms with Crippen LogP contribution in [0.3, 0.4) is 0 Å². The first-order valence-corrected chi connectivity index (χ1v) is 22.5. The van der Waals surface area contributed by atoms with Crippen LogP contribution in [-0.4, -0.2) is 14.5 Å². The third-order valence-electron chi connectivity index (χ3n) is 12.8. The predicted molar refractivity (Wildman–Crippen MR) is 272 cm³/mol. The number of fused-ring (bicyclic) bond motifs is 6. The Morgan fingerprint density at radius 1 is 0.462 bits per heavy atom. The van der Waals surface area contributed by atoms with Gasteiger partial charge in [0.15, 0.2) is 5.58 Å². The number of rotatable bonds is 7. The van der Waals surface area contributed by atoms with Crippen LogP contribution in [0.5, 0.6) is 0 Å². The maximum absolute atomic E-state index is 6.92. The van der Waals surface area contributed by atoms with E-state index in [1.165, 1.54) is 32.9 Å². The smallest absolute Gasteiger partial charge is 0.228 e. The lowest BCUT2D eigenvalue weighted by molar-refractivity contribution is 0.591. The first kappa shape index (κ1) is 40.0. The molecule has 11 aromatic rings. The lowest BCUT2D eigenvalue weighted by atomic mass is 9.85. The molecule has 8 aromatic carbocycles. The van der Waals surface area contributed by atoms with Gasteiger partial charge in [0.2, 0.25) is 5.89 Å². The van der Waals surface area contributed by atoms with Crippen LogP contribution in [0.25, 0.3) is 83.2 Å². The number of hydrogen-bond donors (Lipinski definition) is 0. The highest BCUT2D eigenvalue weighted by Crippen LogP contribution is 2.44. The molecule has 5 nitrogen and oxygen atoms in total. The number of benzene rings is 8. The van der Waals surface area contributed by atoms with Crippen LogP contribution in [0.4, 0.5) is 17.1 Å². The van der Waals surface area contributed by atoms with Gasteiger partial charge in [-0.3, -0.25) is 4.98 Å². The summed E-state index contributed by atoms with van der Waals surface area (Å²) in [4.78, 5) is 12.4. The molecule has 0 unspecified atom stereocenters. The van der Waals surface area contributed by atoms with Crippen molar-refractivity contribution in [3.63, 3.8) is 0 Å². The highest BCUT2D eigenvalue weighted by atomic mass is 16.3. The number of anilines is 3. The van der Waals surface area contributed by atoms with Crippen LogP contribution in [0.15, 0.2) is 199 Å². The molecule has 3 aromatic heterocycles. The van der Waals surface area contributed by atoms with Gasteiger partial charge in [-0.05, 0) is 123 Å². The third kappa shape index (κ3) is 7.14. The molecule has 0 bridgehead atoms. The van der Waals surface area contributed by atoms with Gasteiger partial charge in [0, 0.05) is 56.2 Å². The van der Waals surface area contributed by atoms with Crippen molar-refractivity contribution in [2.24, 2.45) is 0 Å². The molecule has 0 saturated carbocycles. The molecule has 0 fully saturated rings. The second-order valence-corrected chi connectivity index (χ2v) is 19.1. The number of oxazole rings is 1. The molecule has 0 atom stereocenters. The fourth-order valence-electron chi connectivity index (χ4n) is 9.33. The van der Waals surface area contributed by atoms with E-state index in [0.717, 1.165) is 67.0 Å². The van der Waals surface area contributed by atoms with Gasteiger partial charge in [0.1, 0.15) is 5.52 Å². The standard InChI is InChI=1S/C60H50N4O/c1-59(2,3)40-27-33-54-51(35-40)48-31-26-41(60(4,5)6)36-55(48)64(54)44-28-24-39(25-29-44)46-32-30-45(63(42-17-9-7-10-18-42)43-19-11-8-12-20-43)37-52(46)58-62-57-49-22-14-13-21-47(49)50(38-56(57)65-58)53-23-15-16-34-61-53/h7-38H,1-6H3. The minimum atomic E-state index is 0.00600. The van der Waals surface area contributed by atoms with Gasteiger partial charge in [0.25, 0.3) is 0 Å². The van der Waals surface area contributed by atoms with Gasteiger partial charge >= 0.3 is 0 Å². The molecular weight excluding hydrogens is 793 g/mol. The highest BCUT2D eigenvalue weighted by molar-refractivity contribution is 6.12. The van der Waals surface area contributed by atoms with Crippen molar-refractivity contribution in [3.05, 3.63) is 205 Å². The zero-order chi connectivity index (χ0) is 44.5. The van der Waals surface area contributed by atoms with Crippen molar-refractivity contribution < 1.29 is 4.42 Å². The molecule has 0 spiro atoms. The van der Waals surface area contributed by atoms with Crippen molar-refractivity contribution in [2.75, 3.05) is 4.90 Å². The second-order valence-electron chi connectivity index (χ2n) is 19.1. The summed E-state index contributed by atoms with van der Waals surface area (Å²) in [6.07, 6.45) is 1.83. The summed E-state index contributed by atoms with van der Waals surface area (Å²) >= 11 is 0. The number of nitrogens with zero attached hydrogens (tertiary/aromatic N) is 4. The Balaban J connectivity index is 1.11. The summed E-state index contributed by atoms with van der Waals surface area (Å²) in [5.74, 6) is 0.553. The van der Waals surface area contributed by atoms with Gasteiger partial charge in [-0.1, -0.05) is 145 Å². The topological polar surface area (TPSA) is 47.1 Å². The van der Waals surface area contributed by atoms with Crippen molar-refractivity contribution in [2.45, 2.75) is 52.4 Å². The van der Waals surface area contributed by atoms with Crippen molar-refractivity contribution in [1.82, 2.24) is 14.5 Å². The van der Waals surface area contributed by atoms with Crippen LogP contribution in [0.1, 0.15) is 52.7 Å². The van der Waals surface area contributed by atoms with E-state index in [4.69, 9.17) is 14.4 Å². The Kier molecular flexibility index (Phi) is 9.55. The summed E-state index contributed by atoms with van der Waals surface area (Å²) in [7, 11) is 0. The van der Waals surface area contributed by atoms with E-state index in [0.29, 0.717) is 11.5 Å². The molecule has 0 radical (unpaired) electrons. The largest absolute Gasteiger partial charge is 0.436 e. The molecular formula is C60H50N4O.